The van der Waals surface area contributed by atoms with E-state index in [1.54, 1.807) is 17.0 Å². The molecule has 0 spiro atoms. The van der Waals surface area contributed by atoms with Gasteiger partial charge in [0.2, 0.25) is 0 Å². The minimum atomic E-state index is -0.274. The molecular weight excluding hydrogens is 370 g/mol. The summed E-state index contributed by atoms with van der Waals surface area (Å²) in [6, 6.07) is 7.23. The summed E-state index contributed by atoms with van der Waals surface area (Å²) in [6.45, 7) is 10.8. The molecule has 0 saturated carbocycles. The second kappa shape index (κ2) is 8.73. The summed E-state index contributed by atoms with van der Waals surface area (Å²) >= 11 is 7.40. The van der Waals surface area contributed by atoms with Gasteiger partial charge in [0.25, 0.3) is 0 Å². The van der Waals surface area contributed by atoms with Crippen molar-refractivity contribution >= 4 is 29.0 Å². The summed E-state index contributed by atoms with van der Waals surface area (Å²) in [6.07, 6.45) is 0. The fourth-order valence-corrected chi connectivity index (χ4v) is 3.04. The van der Waals surface area contributed by atoms with Gasteiger partial charge in [0.15, 0.2) is 0 Å². The quantitative estimate of drug-likeness (QED) is 0.740. The Balaban J connectivity index is 1.96. The van der Waals surface area contributed by atoms with Crippen molar-refractivity contribution in [3.05, 3.63) is 45.4 Å². The molecule has 0 aliphatic carbocycles. The lowest BCUT2D eigenvalue weighted by atomic mass is 10.1. The Morgan fingerprint density at radius 1 is 1.31 bits per heavy atom. The second-order valence-electron chi connectivity index (χ2n) is 7.38. The first-order chi connectivity index (χ1) is 12.1. The van der Waals surface area contributed by atoms with E-state index in [0.717, 1.165) is 16.5 Å². The molecule has 142 valence electrons. The number of carbonyl (C=O) groups excluding carboxylic acids is 1. The van der Waals surface area contributed by atoms with Crippen molar-refractivity contribution in [1.82, 2.24) is 15.2 Å². The molecule has 0 saturated heterocycles. The normalized spacial score (nSPS) is 11.5. The van der Waals surface area contributed by atoms with Gasteiger partial charge in [-0.2, -0.15) is 0 Å². The van der Waals surface area contributed by atoms with E-state index in [2.05, 4.69) is 10.3 Å². The van der Waals surface area contributed by atoms with Crippen molar-refractivity contribution in [3.63, 3.8) is 0 Å². The Morgan fingerprint density at radius 3 is 2.54 bits per heavy atom. The fraction of sp³-hybridized carbons (Fsp3) is 0.474. The number of thiazole rings is 1. The van der Waals surface area contributed by atoms with Crippen LogP contribution in [0.25, 0.3) is 0 Å². The highest BCUT2D eigenvalue weighted by atomic mass is 35.5. The van der Waals surface area contributed by atoms with E-state index in [-0.39, 0.29) is 17.6 Å². The standard InChI is InChI=1S/C19H26ClN3O2S/c1-13(2)23(18(24)22-19(3,4)5)10-15-12-26-17(21-15)11-25-16-8-6-14(20)7-9-16/h6-9,12-13H,10-11H2,1-5H3,(H,22,24). The molecule has 5 nitrogen and oxygen atoms in total. The second-order valence-corrected chi connectivity index (χ2v) is 8.76. The molecule has 0 bridgehead atoms. The third-order valence-electron chi connectivity index (χ3n) is 3.47. The zero-order chi connectivity index (χ0) is 19.3. The van der Waals surface area contributed by atoms with Crippen molar-refractivity contribution in [3.8, 4) is 5.75 Å². The number of nitrogens with zero attached hydrogens (tertiary/aromatic N) is 2. The highest BCUT2D eigenvalue weighted by Gasteiger charge is 2.22. The van der Waals surface area contributed by atoms with Crippen molar-refractivity contribution in [1.29, 1.82) is 0 Å². The molecule has 1 heterocycles. The molecule has 2 amide bonds. The minimum Gasteiger partial charge on any atom is -0.486 e. The largest absolute Gasteiger partial charge is 0.486 e. The molecule has 0 fully saturated rings. The zero-order valence-corrected chi connectivity index (χ0v) is 17.4. The van der Waals surface area contributed by atoms with Crippen LogP contribution in [0.15, 0.2) is 29.6 Å². The molecule has 0 aliphatic heterocycles. The molecule has 0 atom stereocenters. The average Bonchev–Trinajstić information content (AvgIpc) is 2.97. The Kier molecular flexibility index (Phi) is 6.89. The first-order valence-corrected chi connectivity index (χ1v) is 9.80. The number of nitrogens with one attached hydrogen (secondary N) is 1. The van der Waals surface area contributed by atoms with Gasteiger partial charge in [-0.3, -0.25) is 0 Å². The average molecular weight is 396 g/mol. The van der Waals surface area contributed by atoms with Crippen LogP contribution in [0.5, 0.6) is 5.75 Å². The van der Waals surface area contributed by atoms with Crippen LogP contribution in [0.1, 0.15) is 45.3 Å². The molecule has 2 rings (SSSR count). The van der Waals surface area contributed by atoms with Crippen LogP contribution in [0.2, 0.25) is 5.02 Å². The zero-order valence-electron chi connectivity index (χ0n) is 15.9. The molecule has 1 N–H and O–H groups in total. The molecule has 0 aliphatic rings. The van der Waals surface area contributed by atoms with Crippen LogP contribution in [-0.2, 0) is 13.2 Å². The topological polar surface area (TPSA) is 54.5 Å². The maximum atomic E-state index is 12.5. The van der Waals surface area contributed by atoms with Gasteiger partial charge >= 0.3 is 6.03 Å². The van der Waals surface area contributed by atoms with E-state index in [9.17, 15) is 4.79 Å². The van der Waals surface area contributed by atoms with E-state index < -0.39 is 0 Å². The number of ether oxygens (including phenoxy) is 1. The highest BCUT2D eigenvalue weighted by molar-refractivity contribution is 7.09. The predicted molar refractivity (Wildman–Crippen MR) is 107 cm³/mol. The lowest BCUT2D eigenvalue weighted by molar-refractivity contribution is 0.170. The Morgan fingerprint density at radius 2 is 1.96 bits per heavy atom. The first kappa shape index (κ1) is 20.5. The van der Waals surface area contributed by atoms with Crippen molar-refractivity contribution in [2.75, 3.05) is 0 Å². The Hall–Kier alpha value is -1.79. The van der Waals surface area contributed by atoms with E-state index >= 15 is 0 Å². The summed E-state index contributed by atoms with van der Waals surface area (Å²) in [5, 5.41) is 6.53. The number of amides is 2. The van der Waals surface area contributed by atoms with Crippen LogP contribution >= 0.6 is 22.9 Å². The van der Waals surface area contributed by atoms with Crippen LogP contribution < -0.4 is 10.1 Å². The van der Waals surface area contributed by atoms with Gasteiger partial charge in [0, 0.05) is 22.0 Å². The van der Waals surface area contributed by atoms with Crippen LogP contribution in [0.3, 0.4) is 0 Å². The van der Waals surface area contributed by atoms with E-state index in [0.29, 0.717) is 18.2 Å². The molecule has 1 aromatic heterocycles. The third-order valence-corrected chi connectivity index (χ3v) is 4.60. The molecule has 26 heavy (non-hydrogen) atoms. The van der Waals surface area contributed by atoms with Crippen LogP contribution in [0.4, 0.5) is 4.79 Å². The predicted octanol–water partition coefficient (Wildman–Crippen LogP) is 5.09. The van der Waals surface area contributed by atoms with Gasteiger partial charge in [0.05, 0.1) is 12.2 Å². The summed E-state index contributed by atoms with van der Waals surface area (Å²) in [5.41, 5.74) is 0.589. The summed E-state index contributed by atoms with van der Waals surface area (Å²) < 4.78 is 5.72. The number of aromatic nitrogens is 1. The van der Waals surface area contributed by atoms with Gasteiger partial charge in [0.1, 0.15) is 17.4 Å². The summed E-state index contributed by atoms with van der Waals surface area (Å²) in [7, 11) is 0. The number of hydrogen-bond donors (Lipinski definition) is 1. The molecule has 7 heteroatoms. The van der Waals surface area contributed by atoms with Crippen molar-refractivity contribution < 1.29 is 9.53 Å². The lowest BCUT2D eigenvalue weighted by Gasteiger charge is -2.30. The van der Waals surface area contributed by atoms with Crippen molar-refractivity contribution in [2.24, 2.45) is 0 Å². The highest BCUT2D eigenvalue weighted by Crippen LogP contribution is 2.19. The Labute approximate surface area is 164 Å². The Bertz CT molecular complexity index is 723. The SMILES string of the molecule is CC(C)N(Cc1csc(COc2ccc(Cl)cc2)n1)C(=O)NC(C)(C)C. The van der Waals surface area contributed by atoms with Gasteiger partial charge in [-0.1, -0.05) is 11.6 Å². The van der Waals surface area contributed by atoms with Gasteiger partial charge < -0.3 is 15.0 Å². The molecule has 0 radical (unpaired) electrons. The van der Waals surface area contributed by atoms with Gasteiger partial charge in [-0.05, 0) is 58.9 Å². The minimum absolute atomic E-state index is 0.0767. The van der Waals surface area contributed by atoms with Crippen LogP contribution in [-0.4, -0.2) is 27.5 Å². The van der Waals surface area contributed by atoms with Crippen LogP contribution in [0, 0.1) is 0 Å². The number of urea groups is 1. The molecular formula is C19H26ClN3O2S. The van der Waals surface area contributed by atoms with E-state index in [1.165, 1.54) is 11.3 Å². The molecule has 1 aromatic carbocycles. The number of carbonyl (C=O) groups is 1. The van der Waals surface area contributed by atoms with E-state index in [1.807, 2.05) is 52.1 Å². The number of hydrogen-bond acceptors (Lipinski definition) is 4. The van der Waals surface area contributed by atoms with Gasteiger partial charge in [-0.25, -0.2) is 9.78 Å². The third kappa shape index (κ3) is 6.50. The number of halogens is 1. The smallest absolute Gasteiger partial charge is 0.318 e. The fourth-order valence-electron chi connectivity index (χ4n) is 2.22. The van der Waals surface area contributed by atoms with Gasteiger partial charge in [-0.15, -0.1) is 11.3 Å². The number of rotatable bonds is 6. The lowest BCUT2D eigenvalue weighted by Crippen LogP contribution is -2.50. The van der Waals surface area contributed by atoms with E-state index in [4.69, 9.17) is 16.3 Å². The molecule has 2 aromatic rings. The maximum absolute atomic E-state index is 12.5. The summed E-state index contributed by atoms with van der Waals surface area (Å²) in [5.74, 6) is 0.750. The monoisotopic (exact) mass is 395 g/mol. The molecule has 0 unspecified atom stereocenters. The number of benzene rings is 1. The first-order valence-electron chi connectivity index (χ1n) is 8.54. The summed E-state index contributed by atoms with van der Waals surface area (Å²) in [4.78, 5) is 18.9. The van der Waals surface area contributed by atoms with Crippen molar-refractivity contribution in [2.45, 2.75) is 59.4 Å². The maximum Gasteiger partial charge on any atom is 0.318 e.